The lowest BCUT2D eigenvalue weighted by Crippen LogP contribution is -2.05. The molecule has 0 atom stereocenters. The number of anilines is 1. The van der Waals surface area contributed by atoms with Gasteiger partial charge in [-0.2, -0.15) is 0 Å². The van der Waals surface area contributed by atoms with E-state index in [2.05, 4.69) is 10.3 Å². The molecule has 2 aromatic heterocycles. The third-order valence-electron chi connectivity index (χ3n) is 2.93. The molecule has 0 unspecified atom stereocenters. The Balaban J connectivity index is 2.19. The van der Waals surface area contributed by atoms with Crippen LogP contribution in [-0.4, -0.2) is 22.2 Å². The SMILES string of the molecule is O=CCNc1c(-c2ccccc2)nc2ccccn12. The second kappa shape index (κ2) is 4.94. The quantitative estimate of drug-likeness (QED) is 0.725. The summed E-state index contributed by atoms with van der Waals surface area (Å²) in [6, 6.07) is 15.8. The predicted molar refractivity (Wildman–Crippen MR) is 75.2 cm³/mol. The minimum atomic E-state index is 0.266. The molecule has 0 spiro atoms. The van der Waals surface area contributed by atoms with E-state index in [1.165, 1.54) is 0 Å². The zero-order valence-corrected chi connectivity index (χ0v) is 10.3. The predicted octanol–water partition coefficient (Wildman–Crippen LogP) is 2.61. The third-order valence-corrected chi connectivity index (χ3v) is 2.93. The first-order valence-corrected chi connectivity index (χ1v) is 6.10. The second-order valence-electron chi connectivity index (χ2n) is 4.15. The zero-order valence-electron chi connectivity index (χ0n) is 10.3. The largest absolute Gasteiger partial charge is 0.363 e. The molecule has 19 heavy (non-hydrogen) atoms. The Morgan fingerprint density at radius 1 is 1.11 bits per heavy atom. The van der Waals surface area contributed by atoms with Crippen molar-refractivity contribution in [1.82, 2.24) is 9.38 Å². The van der Waals surface area contributed by atoms with Crippen LogP contribution in [0.4, 0.5) is 5.82 Å². The fourth-order valence-electron chi connectivity index (χ4n) is 2.10. The van der Waals surface area contributed by atoms with E-state index >= 15 is 0 Å². The molecule has 3 rings (SSSR count). The molecular weight excluding hydrogens is 238 g/mol. The summed E-state index contributed by atoms with van der Waals surface area (Å²) < 4.78 is 1.95. The molecule has 0 aliphatic rings. The first kappa shape index (κ1) is 11.5. The summed E-state index contributed by atoms with van der Waals surface area (Å²) in [5, 5.41) is 3.12. The normalized spacial score (nSPS) is 10.5. The highest BCUT2D eigenvalue weighted by Crippen LogP contribution is 2.28. The first-order valence-electron chi connectivity index (χ1n) is 6.10. The van der Waals surface area contributed by atoms with Crippen molar-refractivity contribution >= 4 is 17.8 Å². The summed E-state index contributed by atoms with van der Waals surface area (Å²) in [4.78, 5) is 15.2. The number of nitrogens with one attached hydrogen (secondary N) is 1. The average molecular weight is 251 g/mol. The van der Waals surface area contributed by atoms with Crippen LogP contribution < -0.4 is 5.32 Å². The van der Waals surface area contributed by atoms with Crippen LogP contribution in [0.1, 0.15) is 0 Å². The minimum Gasteiger partial charge on any atom is -0.363 e. The molecule has 1 N–H and O–H groups in total. The van der Waals surface area contributed by atoms with Gasteiger partial charge in [0.1, 0.15) is 23.4 Å². The van der Waals surface area contributed by atoms with E-state index in [0.717, 1.165) is 29.0 Å². The average Bonchev–Trinajstić information content (AvgIpc) is 2.85. The molecule has 0 aliphatic carbocycles. The molecule has 2 heterocycles. The maximum Gasteiger partial charge on any atom is 0.139 e. The van der Waals surface area contributed by atoms with E-state index in [-0.39, 0.29) is 6.54 Å². The Morgan fingerprint density at radius 3 is 2.68 bits per heavy atom. The number of nitrogens with zero attached hydrogens (tertiary/aromatic N) is 2. The zero-order chi connectivity index (χ0) is 13.1. The van der Waals surface area contributed by atoms with Gasteiger partial charge in [-0.3, -0.25) is 4.40 Å². The van der Waals surface area contributed by atoms with Crippen molar-refractivity contribution in [2.75, 3.05) is 11.9 Å². The van der Waals surface area contributed by atoms with Crippen molar-refractivity contribution in [2.45, 2.75) is 0 Å². The smallest absolute Gasteiger partial charge is 0.139 e. The molecular formula is C15H13N3O. The summed E-state index contributed by atoms with van der Waals surface area (Å²) in [7, 11) is 0. The van der Waals surface area contributed by atoms with E-state index in [4.69, 9.17) is 0 Å². The van der Waals surface area contributed by atoms with Gasteiger partial charge in [0, 0.05) is 11.8 Å². The molecule has 0 aliphatic heterocycles. The minimum absolute atomic E-state index is 0.266. The lowest BCUT2D eigenvalue weighted by Gasteiger charge is -2.05. The van der Waals surface area contributed by atoms with Crippen molar-refractivity contribution < 1.29 is 4.79 Å². The van der Waals surface area contributed by atoms with E-state index in [9.17, 15) is 4.79 Å². The topological polar surface area (TPSA) is 46.4 Å². The lowest BCUT2D eigenvalue weighted by atomic mass is 10.1. The van der Waals surface area contributed by atoms with Gasteiger partial charge in [0.05, 0.1) is 6.54 Å². The second-order valence-corrected chi connectivity index (χ2v) is 4.15. The Labute approximate surface area is 110 Å². The summed E-state index contributed by atoms with van der Waals surface area (Å²) in [6.07, 6.45) is 2.78. The molecule has 0 radical (unpaired) electrons. The Morgan fingerprint density at radius 2 is 1.89 bits per heavy atom. The van der Waals surface area contributed by atoms with Crippen molar-refractivity contribution in [1.29, 1.82) is 0 Å². The number of hydrogen-bond acceptors (Lipinski definition) is 3. The standard InChI is InChI=1S/C15H13N3O/c19-11-9-16-15-14(12-6-2-1-3-7-12)17-13-8-4-5-10-18(13)15/h1-8,10-11,16H,9H2. The summed E-state index contributed by atoms with van der Waals surface area (Å²) in [5.74, 6) is 0.842. The third kappa shape index (κ3) is 2.08. The molecule has 0 saturated heterocycles. The van der Waals surface area contributed by atoms with Crippen molar-refractivity contribution in [2.24, 2.45) is 0 Å². The van der Waals surface area contributed by atoms with Crippen LogP contribution in [0.2, 0.25) is 0 Å². The van der Waals surface area contributed by atoms with Gasteiger partial charge in [0.15, 0.2) is 0 Å². The molecule has 0 amide bonds. The summed E-state index contributed by atoms with van der Waals surface area (Å²) in [6.45, 7) is 0.266. The molecule has 0 saturated carbocycles. The van der Waals surface area contributed by atoms with Gasteiger partial charge < -0.3 is 10.1 Å². The number of imidazole rings is 1. The van der Waals surface area contributed by atoms with Gasteiger partial charge in [-0.15, -0.1) is 0 Å². The Hall–Kier alpha value is -2.62. The molecule has 4 heteroatoms. The number of carbonyl (C=O) groups excluding carboxylic acids is 1. The van der Waals surface area contributed by atoms with Crippen molar-refractivity contribution in [3.05, 3.63) is 54.7 Å². The van der Waals surface area contributed by atoms with Gasteiger partial charge in [0.25, 0.3) is 0 Å². The number of fused-ring (bicyclic) bond motifs is 1. The Kier molecular flexibility index (Phi) is 2.98. The number of aldehydes is 1. The number of pyridine rings is 1. The van der Waals surface area contributed by atoms with Crippen LogP contribution in [0.25, 0.3) is 16.9 Å². The summed E-state index contributed by atoms with van der Waals surface area (Å²) in [5.41, 5.74) is 2.74. The number of aromatic nitrogens is 2. The van der Waals surface area contributed by atoms with Gasteiger partial charge in [-0.05, 0) is 12.1 Å². The van der Waals surface area contributed by atoms with E-state index in [1.54, 1.807) is 0 Å². The fourth-order valence-corrected chi connectivity index (χ4v) is 2.10. The molecule has 0 bridgehead atoms. The molecule has 1 aromatic carbocycles. The lowest BCUT2D eigenvalue weighted by molar-refractivity contribution is -0.106. The molecule has 94 valence electrons. The highest BCUT2D eigenvalue weighted by molar-refractivity contribution is 5.77. The fraction of sp³-hybridized carbons (Fsp3) is 0.0667. The first-order chi connectivity index (χ1) is 9.40. The van der Waals surface area contributed by atoms with Crippen molar-refractivity contribution in [3.8, 4) is 11.3 Å². The monoisotopic (exact) mass is 251 g/mol. The molecule has 3 aromatic rings. The van der Waals surface area contributed by atoms with Crippen LogP contribution in [0, 0.1) is 0 Å². The highest BCUT2D eigenvalue weighted by Gasteiger charge is 2.12. The van der Waals surface area contributed by atoms with Crippen LogP contribution in [0.5, 0.6) is 0 Å². The maximum absolute atomic E-state index is 10.6. The number of hydrogen-bond donors (Lipinski definition) is 1. The van der Waals surface area contributed by atoms with Gasteiger partial charge in [-0.1, -0.05) is 36.4 Å². The van der Waals surface area contributed by atoms with Crippen LogP contribution >= 0.6 is 0 Å². The van der Waals surface area contributed by atoms with Gasteiger partial charge in [-0.25, -0.2) is 4.98 Å². The highest BCUT2D eigenvalue weighted by atomic mass is 16.1. The molecule has 4 nitrogen and oxygen atoms in total. The van der Waals surface area contributed by atoms with Crippen LogP contribution in [0.15, 0.2) is 54.7 Å². The summed E-state index contributed by atoms with van der Waals surface area (Å²) >= 11 is 0. The van der Waals surface area contributed by atoms with Crippen LogP contribution in [0.3, 0.4) is 0 Å². The number of benzene rings is 1. The maximum atomic E-state index is 10.6. The molecule has 0 fully saturated rings. The van der Waals surface area contributed by atoms with Gasteiger partial charge in [0.2, 0.25) is 0 Å². The number of carbonyl (C=O) groups is 1. The Bertz CT molecular complexity index is 704. The van der Waals surface area contributed by atoms with Crippen molar-refractivity contribution in [3.63, 3.8) is 0 Å². The van der Waals surface area contributed by atoms with E-state index < -0.39 is 0 Å². The van der Waals surface area contributed by atoms with E-state index in [1.807, 2.05) is 59.1 Å². The van der Waals surface area contributed by atoms with Gasteiger partial charge >= 0.3 is 0 Å². The number of rotatable bonds is 4. The van der Waals surface area contributed by atoms with Crippen LogP contribution in [-0.2, 0) is 4.79 Å². The van der Waals surface area contributed by atoms with E-state index in [0.29, 0.717) is 0 Å².